The number of carbonyl (C=O) groups excluding carboxylic acids is 1. The molecule has 0 aliphatic carbocycles. The van der Waals surface area contributed by atoms with Gasteiger partial charge in [0.05, 0.1) is 12.0 Å². The smallest absolute Gasteiger partial charge is 0.233 e. The highest BCUT2D eigenvalue weighted by Gasteiger charge is 2.48. The lowest BCUT2D eigenvalue weighted by molar-refractivity contribution is -0.149. The molecule has 27 heavy (non-hydrogen) atoms. The number of rotatable bonds is 12. The van der Waals surface area contributed by atoms with Crippen LogP contribution in [0.15, 0.2) is 98.3 Å². The SMILES string of the molecule is C=C/C=C(\C=C)C(S)CCC1C(=O)N(/C(C=C)=C/C=C)C1C(=C)/C=C\CC. The number of likely N-dealkylation sites (tertiary alicyclic amines) is 1. The number of allylic oxidation sites excluding steroid dienone is 7. The molecule has 0 N–H and O–H groups in total. The van der Waals surface area contributed by atoms with Gasteiger partial charge < -0.3 is 4.90 Å². The van der Waals surface area contributed by atoms with Crippen LogP contribution in [-0.4, -0.2) is 22.1 Å². The molecule has 1 rings (SSSR count). The van der Waals surface area contributed by atoms with E-state index in [1.807, 2.05) is 12.2 Å². The molecule has 1 saturated heterocycles. The van der Waals surface area contributed by atoms with Gasteiger partial charge in [-0.15, -0.1) is 0 Å². The first-order chi connectivity index (χ1) is 13.0. The van der Waals surface area contributed by atoms with Gasteiger partial charge in [0.1, 0.15) is 0 Å². The van der Waals surface area contributed by atoms with Gasteiger partial charge in [-0.2, -0.15) is 12.6 Å². The van der Waals surface area contributed by atoms with Crippen molar-refractivity contribution < 1.29 is 4.79 Å². The van der Waals surface area contributed by atoms with Crippen LogP contribution in [0.2, 0.25) is 0 Å². The molecule has 0 bridgehead atoms. The molecule has 0 radical (unpaired) electrons. The highest BCUT2D eigenvalue weighted by Crippen LogP contribution is 2.39. The van der Waals surface area contributed by atoms with Crippen LogP contribution in [0.25, 0.3) is 0 Å². The molecular formula is C24H31NOS. The van der Waals surface area contributed by atoms with E-state index in [2.05, 4.69) is 58.5 Å². The minimum atomic E-state index is -0.114. The van der Waals surface area contributed by atoms with E-state index < -0.39 is 0 Å². The van der Waals surface area contributed by atoms with Crippen molar-refractivity contribution in [3.05, 3.63) is 98.3 Å². The van der Waals surface area contributed by atoms with E-state index >= 15 is 0 Å². The quantitative estimate of drug-likeness (QED) is 0.251. The second kappa shape index (κ2) is 11.5. The fourth-order valence-corrected chi connectivity index (χ4v) is 3.57. The largest absolute Gasteiger partial charge is 0.304 e. The Bertz CT molecular complexity index is 695. The van der Waals surface area contributed by atoms with Crippen molar-refractivity contribution in [2.75, 3.05) is 0 Å². The lowest BCUT2D eigenvalue weighted by Gasteiger charge is -2.48. The predicted octanol–water partition coefficient (Wildman–Crippen LogP) is 5.97. The van der Waals surface area contributed by atoms with Crippen LogP contribution >= 0.6 is 12.6 Å². The second-order valence-electron chi connectivity index (χ2n) is 6.38. The minimum Gasteiger partial charge on any atom is -0.304 e. The molecular weight excluding hydrogens is 350 g/mol. The molecule has 0 aromatic rings. The molecule has 0 spiro atoms. The van der Waals surface area contributed by atoms with Crippen molar-refractivity contribution in [1.82, 2.24) is 4.90 Å². The Labute approximate surface area is 170 Å². The fraction of sp³-hybridized carbons (Fsp3) is 0.292. The van der Waals surface area contributed by atoms with Gasteiger partial charge in [0.15, 0.2) is 0 Å². The van der Waals surface area contributed by atoms with Gasteiger partial charge in [-0.05, 0) is 42.6 Å². The summed E-state index contributed by atoms with van der Waals surface area (Å²) in [5.41, 5.74) is 2.69. The zero-order valence-corrected chi connectivity index (χ0v) is 17.2. The second-order valence-corrected chi connectivity index (χ2v) is 7.00. The van der Waals surface area contributed by atoms with Crippen LogP contribution < -0.4 is 0 Å². The number of nitrogens with zero attached hydrogens (tertiary/aromatic N) is 1. The molecule has 0 saturated carbocycles. The van der Waals surface area contributed by atoms with Gasteiger partial charge in [-0.3, -0.25) is 4.79 Å². The molecule has 144 valence electrons. The molecule has 0 aromatic carbocycles. The van der Waals surface area contributed by atoms with E-state index in [4.69, 9.17) is 0 Å². The van der Waals surface area contributed by atoms with Gasteiger partial charge in [-0.1, -0.05) is 76.3 Å². The molecule has 1 heterocycles. The standard InChI is InChI=1S/C24H31NOS/c1-7-12-15-18(6)23-21(16-17-22(27)19(10-4)13-8-2)24(26)25(23)20(11-5)14-9-3/h8-15,21-23,27H,2-7,16-17H2,1H3/b15-12-,19-13+,20-14+. The first-order valence-electron chi connectivity index (χ1n) is 9.23. The number of hydrogen-bond acceptors (Lipinski definition) is 2. The van der Waals surface area contributed by atoms with Gasteiger partial charge >= 0.3 is 0 Å². The van der Waals surface area contributed by atoms with Crippen molar-refractivity contribution in [3.63, 3.8) is 0 Å². The summed E-state index contributed by atoms with van der Waals surface area (Å²) in [5, 5.41) is 0.0186. The Morgan fingerprint density at radius 2 is 1.85 bits per heavy atom. The summed E-state index contributed by atoms with van der Waals surface area (Å²) in [6.45, 7) is 21.4. The summed E-state index contributed by atoms with van der Waals surface area (Å²) in [6, 6.07) is -0.0689. The third-order valence-corrected chi connectivity index (χ3v) is 5.18. The summed E-state index contributed by atoms with van der Waals surface area (Å²) >= 11 is 4.67. The minimum absolute atomic E-state index is 0.0186. The van der Waals surface area contributed by atoms with E-state index in [1.165, 1.54) is 0 Å². The summed E-state index contributed by atoms with van der Waals surface area (Å²) < 4.78 is 0. The Hall–Kier alpha value is -2.26. The molecule has 1 fully saturated rings. The van der Waals surface area contributed by atoms with Gasteiger partial charge in [0, 0.05) is 10.9 Å². The third-order valence-electron chi connectivity index (χ3n) is 4.62. The Morgan fingerprint density at radius 3 is 2.37 bits per heavy atom. The maximum Gasteiger partial charge on any atom is 0.233 e. The number of β-lactam (4-membered cyclic amide) rings is 1. The molecule has 3 unspecified atom stereocenters. The topological polar surface area (TPSA) is 20.3 Å². The number of thiol groups is 1. The van der Waals surface area contributed by atoms with E-state index in [0.717, 1.165) is 36.1 Å². The predicted molar refractivity (Wildman–Crippen MR) is 122 cm³/mol. The maximum absolute atomic E-state index is 12.9. The molecule has 0 aromatic heterocycles. The molecule has 1 amide bonds. The van der Waals surface area contributed by atoms with Crippen LogP contribution in [0.1, 0.15) is 26.2 Å². The average Bonchev–Trinajstić information content (AvgIpc) is 2.67. The average molecular weight is 382 g/mol. The lowest BCUT2D eigenvalue weighted by atomic mass is 9.78. The molecule has 1 aliphatic rings. The van der Waals surface area contributed by atoms with Crippen LogP contribution in [0.4, 0.5) is 0 Å². The number of carbonyl (C=O) groups is 1. The van der Waals surface area contributed by atoms with E-state index in [1.54, 1.807) is 35.3 Å². The molecule has 3 atom stereocenters. The Kier molecular flexibility index (Phi) is 9.66. The first kappa shape index (κ1) is 22.8. The number of hydrogen-bond donors (Lipinski definition) is 1. The fourth-order valence-electron chi connectivity index (χ4n) is 3.23. The molecule has 1 aliphatic heterocycles. The third kappa shape index (κ3) is 5.61. The summed E-state index contributed by atoms with van der Waals surface area (Å²) in [7, 11) is 0. The monoisotopic (exact) mass is 381 g/mol. The first-order valence-corrected chi connectivity index (χ1v) is 9.75. The lowest BCUT2D eigenvalue weighted by Crippen LogP contribution is -2.60. The van der Waals surface area contributed by atoms with Gasteiger partial charge in [-0.25, -0.2) is 0 Å². The van der Waals surface area contributed by atoms with E-state index in [9.17, 15) is 4.79 Å². The van der Waals surface area contributed by atoms with Crippen LogP contribution in [0.3, 0.4) is 0 Å². The molecule has 2 nitrogen and oxygen atoms in total. The van der Waals surface area contributed by atoms with Crippen molar-refractivity contribution in [1.29, 1.82) is 0 Å². The zero-order valence-electron chi connectivity index (χ0n) is 16.3. The number of amides is 1. The zero-order chi connectivity index (χ0) is 20.4. The van der Waals surface area contributed by atoms with Crippen molar-refractivity contribution in [2.24, 2.45) is 5.92 Å². The highest BCUT2D eigenvalue weighted by atomic mass is 32.1. The summed E-state index contributed by atoms with van der Waals surface area (Å²) in [4.78, 5) is 14.6. The highest BCUT2D eigenvalue weighted by molar-refractivity contribution is 7.81. The summed E-state index contributed by atoms with van der Waals surface area (Å²) in [6.07, 6.45) is 17.1. The Morgan fingerprint density at radius 1 is 1.19 bits per heavy atom. The van der Waals surface area contributed by atoms with Crippen LogP contribution in [0.5, 0.6) is 0 Å². The van der Waals surface area contributed by atoms with Crippen molar-refractivity contribution in [2.45, 2.75) is 37.5 Å². The van der Waals surface area contributed by atoms with Gasteiger partial charge in [0.2, 0.25) is 5.91 Å². The normalized spacial score (nSPS) is 21.6. The maximum atomic E-state index is 12.9. The van der Waals surface area contributed by atoms with Crippen molar-refractivity contribution in [3.8, 4) is 0 Å². The van der Waals surface area contributed by atoms with Crippen molar-refractivity contribution >= 4 is 18.5 Å². The van der Waals surface area contributed by atoms with Gasteiger partial charge in [0.25, 0.3) is 0 Å². The van der Waals surface area contributed by atoms with E-state index in [-0.39, 0.29) is 23.1 Å². The summed E-state index contributed by atoms with van der Waals surface area (Å²) in [5.74, 6) is -0.0240. The van der Waals surface area contributed by atoms with E-state index in [0.29, 0.717) is 0 Å². The van der Waals surface area contributed by atoms with Crippen LogP contribution in [-0.2, 0) is 4.79 Å². The Balaban J connectivity index is 3.02. The molecule has 3 heteroatoms. The van der Waals surface area contributed by atoms with Crippen LogP contribution in [0, 0.1) is 5.92 Å².